The summed E-state index contributed by atoms with van der Waals surface area (Å²) in [4.78, 5) is 13.0. The molecule has 1 fully saturated rings. The zero-order chi connectivity index (χ0) is 19.1. The SMILES string of the molecule is CCCC1CCC(=NNC(=O)C(O)(c2ccccc2)c2ccccc2)CC1. The van der Waals surface area contributed by atoms with Crippen molar-refractivity contribution in [2.75, 3.05) is 0 Å². The highest BCUT2D eigenvalue weighted by molar-refractivity contribution is 5.92. The zero-order valence-electron chi connectivity index (χ0n) is 15.9. The molecule has 4 nitrogen and oxygen atoms in total. The number of hydrogen-bond donors (Lipinski definition) is 2. The Hall–Kier alpha value is -2.46. The van der Waals surface area contributed by atoms with Gasteiger partial charge in [0, 0.05) is 5.71 Å². The number of nitrogens with zero attached hydrogens (tertiary/aromatic N) is 1. The monoisotopic (exact) mass is 364 g/mol. The van der Waals surface area contributed by atoms with Crippen LogP contribution in [0.25, 0.3) is 0 Å². The third-order valence-corrected chi connectivity index (χ3v) is 5.41. The fraction of sp³-hybridized carbons (Fsp3) is 0.391. The molecule has 3 rings (SSSR count). The van der Waals surface area contributed by atoms with Crippen LogP contribution in [0.3, 0.4) is 0 Å². The summed E-state index contributed by atoms with van der Waals surface area (Å²) < 4.78 is 0. The molecular formula is C23H28N2O2. The minimum atomic E-state index is -1.77. The molecule has 2 aromatic rings. The van der Waals surface area contributed by atoms with E-state index < -0.39 is 11.5 Å². The smallest absolute Gasteiger partial charge is 0.281 e. The van der Waals surface area contributed by atoms with Crippen molar-refractivity contribution in [1.82, 2.24) is 5.43 Å². The van der Waals surface area contributed by atoms with Crippen LogP contribution >= 0.6 is 0 Å². The van der Waals surface area contributed by atoms with Gasteiger partial charge in [-0.25, -0.2) is 5.43 Å². The van der Waals surface area contributed by atoms with E-state index in [4.69, 9.17) is 0 Å². The van der Waals surface area contributed by atoms with Crippen LogP contribution in [0.4, 0.5) is 0 Å². The van der Waals surface area contributed by atoms with Crippen molar-refractivity contribution in [2.45, 2.75) is 51.0 Å². The number of amides is 1. The lowest BCUT2D eigenvalue weighted by Crippen LogP contribution is -2.44. The van der Waals surface area contributed by atoms with E-state index in [0.717, 1.165) is 37.3 Å². The minimum Gasteiger partial charge on any atom is -0.372 e. The fourth-order valence-electron chi connectivity index (χ4n) is 3.82. The molecule has 1 saturated carbocycles. The average Bonchev–Trinajstić information content (AvgIpc) is 2.74. The van der Waals surface area contributed by atoms with Gasteiger partial charge in [0.2, 0.25) is 0 Å². The molecule has 1 aliphatic carbocycles. The topological polar surface area (TPSA) is 61.7 Å². The van der Waals surface area contributed by atoms with Gasteiger partial charge < -0.3 is 5.11 Å². The first-order valence-corrected chi connectivity index (χ1v) is 9.84. The van der Waals surface area contributed by atoms with Crippen molar-refractivity contribution in [2.24, 2.45) is 11.0 Å². The zero-order valence-corrected chi connectivity index (χ0v) is 15.9. The highest BCUT2D eigenvalue weighted by Crippen LogP contribution is 2.30. The van der Waals surface area contributed by atoms with Crippen molar-refractivity contribution in [3.63, 3.8) is 0 Å². The van der Waals surface area contributed by atoms with Gasteiger partial charge in [-0.15, -0.1) is 0 Å². The third-order valence-electron chi connectivity index (χ3n) is 5.41. The van der Waals surface area contributed by atoms with Crippen LogP contribution in [0.5, 0.6) is 0 Å². The first kappa shape index (κ1) is 19.3. The van der Waals surface area contributed by atoms with Crippen LogP contribution in [-0.2, 0) is 10.4 Å². The summed E-state index contributed by atoms with van der Waals surface area (Å²) in [6, 6.07) is 18.0. The summed E-state index contributed by atoms with van der Waals surface area (Å²) in [6.45, 7) is 2.22. The largest absolute Gasteiger partial charge is 0.372 e. The molecule has 0 aromatic heterocycles. The number of aliphatic hydroxyl groups is 1. The summed E-state index contributed by atoms with van der Waals surface area (Å²) in [5.74, 6) is 0.248. The molecule has 27 heavy (non-hydrogen) atoms. The first-order valence-electron chi connectivity index (χ1n) is 9.84. The van der Waals surface area contributed by atoms with Gasteiger partial charge in [0.1, 0.15) is 0 Å². The highest BCUT2D eigenvalue weighted by atomic mass is 16.3. The van der Waals surface area contributed by atoms with Crippen LogP contribution < -0.4 is 5.43 Å². The maximum atomic E-state index is 13.0. The van der Waals surface area contributed by atoms with E-state index in [1.807, 2.05) is 36.4 Å². The van der Waals surface area contributed by atoms with Gasteiger partial charge in [-0.2, -0.15) is 5.10 Å². The molecule has 0 unspecified atom stereocenters. The minimum absolute atomic E-state index is 0.525. The van der Waals surface area contributed by atoms with E-state index >= 15 is 0 Å². The van der Waals surface area contributed by atoms with Crippen LogP contribution in [-0.4, -0.2) is 16.7 Å². The molecule has 0 atom stereocenters. The van der Waals surface area contributed by atoms with Crippen molar-refractivity contribution in [3.8, 4) is 0 Å². The maximum Gasteiger partial charge on any atom is 0.281 e. The Morgan fingerprint density at radius 2 is 1.56 bits per heavy atom. The molecule has 1 amide bonds. The number of carbonyl (C=O) groups excluding carboxylic acids is 1. The van der Waals surface area contributed by atoms with Crippen molar-refractivity contribution in [3.05, 3.63) is 71.8 Å². The normalized spacial score (nSPS) is 17.4. The van der Waals surface area contributed by atoms with Crippen LogP contribution in [0, 0.1) is 5.92 Å². The van der Waals surface area contributed by atoms with E-state index in [9.17, 15) is 9.90 Å². The molecule has 142 valence electrons. The molecule has 2 aromatic carbocycles. The number of nitrogens with one attached hydrogen (secondary N) is 1. The van der Waals surface area contributed by atoms with E-state index in [2.05, 4.69) is 17.5 Å². The molecule has 0 spiro atoms. The quantitative estimate of drug-likeness (QED) is 0.747. The van der Waals surface area contributed by atoms with E-state index in [1.54, 1.807) is 24.3 Å². The second-order valence-electron chi connectivity index (χ2n) is 7.29. The summed E-state index contributed by atoms with van der Waals surface area (Å²) in [6.07, 6.45) is 6.57. The Labute approximate surface area is 161 Å². The second-order valence-corrected chi connectivity index (χ2v) is 7.29. The lowest BCUT2D eigenvalue weighted by molar-refractivity contribution is -0.136. The molecule has 2 N–H and O–H groups in total. The first-order chi connectivity index (χ1) is 13.1. The number of hydrogen-bond acceptors (Lipinski definition) is 3. The summed E-state index contributed by atoms with van der Waals surface area (Å²) in [5, 5.41) is 15.7. The molecular weight excluding hydrogens is 336 g/mol. The summed E-state index contributed by atoms with van der Waals surface area (Å²) in [5.41, 5.74) is 2.93. The molecule has 0 heterocycles. The Kier molecular flexibility index (Phi) is 6.40. The van der Waals surface area contributed by atoms with Gasteiger partial charge in [0.15, 0.2) is 5.60 Å². The van der Waals surface area contributed by atoms with Gasteiger partial charge in [-0.1, -0.05) is 80.4 Å². The van der Waals surface area contributed by atoms with Gasteiger partial charge >= 0.3 is 0 Å². The number of hydrazone groups is 1. The number of carbonyl (C=O) groups is 1. The van der Waals surface area contributed by atoms with Crippen molar-refractivity contribution in [1.29, 1.82) is 0 Å². The van der Waals surface area contributed by atoms with E-state index in [-0.39, 0.29) is 0 Å². The third kappa shape index (κ3) is 4.45. The van der Waals surface area contributed by atoms with Crippen molar-refractivity contribution >= 4 is 11.6 Å². The number of benzene rings is 2. The summed E-state index contributed by atoms with van der Waals surface area (Å²) in [7, 11) is 0. The average molecular weight is 364 g/mol. The van der Waals surface area contributed by atoms with Gasteiger partial charge in [0.05, 0.1) is 0 Å². The van der Waals surface area contributed by atoms with Crippen LogP contribution in [0.1, 0.15) is 56.6 Å². The molecule has 4 heteroatoms. The van der Waals surface area contributed by atoms with Gasteiger partial charge in [0.25, 0.3) is 5.91 Å². The van der Waals surface area contributed by atoms with Crippen molar-refractivity contribution < 1.29 is 9.90 Å². The van der Waals surface area contributed by atoms with Gasteiger partial charge in [-0.3, -0.25) is 4.79 Å². The highest BCUT2D eigenvalue weighted by Gasteiger charge is 2.40. The molecule has 0 radical (unpaired) electrons. The lowest BCUT2D eigenvalue weighted by atomic mass is 9.85. The second kappa shape index (κ2) is 8.96. The fourth-order valence-corrected chi connectivity index (χ4v) is 3.82. The number of rotatable bonds is 6. The Morgan fingerprint density at radius 1 is 1.04 bits per heavy atom. The molecule has 0 bridgehead atoms. The standard InChI is InChI=1S/C23H28N2O2/c1-2-9-18-14-16-21(17-15-18)24-25-22(26)23(27,19-10-5-3-6-11-19)20-12-7-4-8-13-20/h3-8,10-13,18,27H,2,9,14-17H2,1H3,(H,25,26). The Bertz CT molecular complexity index is 722. The molecule has 0 aliphatic heterocycles. The van der Waals surface area contributed by atoms with Crippen LogP contribution in [0.15, 0.2) is 65.8 Å². The Morgan fingerprint density at radius 3 is 2.04 bits per heavy atom. The van der Waals surface area contributed by atoms with E-state index in [0.29, 0.717) is 11.1 Å². The summed E-state index contributed by atoms with van der Waals surface area (Å²) >= 11 is 0. The lowest BCUT2D eigenvalue weighted by Gasteiger charge is -2.27. The molecule has 1 aliphatic rings. The maximum absolute atomic E-state index is 13.0. The molecule has 0 saturated heterocycles. The predicted molar refractivity (Wildman–Crippen MR) is 108 cm³/mol. The van der Waals surface area contributed by atoms with Crippen LogP contribution in [0.2, 0.25) is 0 Å². The van der Waals surface area contributed by atoms with Gasteiger partial charge in [-0.05, 0) is 42.7 Å². The predicted octanol–water partition coefficient (Wildman–Crippen LogP) is 4.39. The Balaban J connectivity index is 1.78. The van der Waals surface area contributed by atoms with E-state index in [1.165, 1.54) is 12.8 Å².